The highest BCUT2D eigenvalue weighted by Crippen LogP contribution is 2.35. The third-order valence-electron chi connectivity index (χ3n) is 5.51. The minimum atomic E-state index is -0.178. The van der Waals surface area contributed by atoms with Crippen molar-refractivity contribution in [3.63, 3.8) is 0 Å². The first-order valence-corrected chi connectivity index (χ1v) is 9.55. The van der Waals surface area contributed by atoms with Crippen molar-refractivity contribution in [2.75, 3.05) is 37.0 Å². The van der Waals surface area contributed by atoms with E-state index in [0.717, 1.165) is 18.5 Å². The van der Waals surface area contributed by atoms with Gasteiger partial charge < -0.3 is 20.3 Å². The first-order valence-electron chi connectivity index (χ1n) is 9.55. The van der Waals surface area contributed by atoms with Gasteiger partial charge in [-0.3, -0.25) is 14.3 Å². The van der Waals surface area contributed by atoms with E-state index >= 15 is 0 Å². The number of methoxy groups -OCH3 is 1. The lowest BCUT2D eigenvalue weighted by Crippen LogP contribution is -2.28. The standard InChI is InChI=1S/C20H25N5O3/c1-24-12-13(9-22-24)15-10-21-11-16(15)20(27)23-14-5-6-18(28-2)17(8-14)25-7-3-4-19(25)26/h5-6,8-9,12,15-16,21H,3-4,7,10-11H2,1-2H3,(H,23,27)/t15-,16+/m1/s1. The fourth-order valence-corrected chi connectivity index (χ4v) is 4.05. The Bertz CT molecular complexity index is 894. The first kappa shape index (κ1) is 18.5. The van der Waals surface area contributed by atoms with Gasteiger partial charge in [0.05, 0.1) is 24.9 Å². The van der Waals surface area contributed by atoms with E-state index < -0.39 is 0 Å². The number of nitrogens with one attached hydrogen (secondary N) is 2. The molecule has 0 radical (unpaired) electrons. The molecule has 2 fully saturated rings. The first-order chi connectivity index (χ1) is 13.6. The Hall–Kier alpha value is -2.87. The van der Waals surface area contributed by atoms with Crippen LogP contribution in [0.2, 0.25) is 0 Å². The minimum Gasteiger partial charge on any atom is -0.495 e. The Labute approximate surface area is 163 Å². The van der Waals surface area contributed by atoms with Crippen molar-refractivity contribution >= 4 is 23.2 Å². The van der Waals surface area contributed by atoms with Gasteiger partial charge in [-0.05, 0) is 30.2 Å². The highest BCUT2D eigenvalue weighted by Gasteiger charge is 2.35. The molecule has 0 saturated carbocycles. The van der Waals surface area contributed by atoms with Crippen LogP contribution in [0, 0.1) is 5.92 Å². The van der Waals surface area contributed by atoms with Crippen LogP contribution >= 0.6 is 0 Å². The summed E-state index contributed by atoms with van der Waals surface area (Å²) >= 11 is 0. The maximum Gasteiger partial charge on any atom is 0.229 e. The number of nitrogens with zero attached hydrogens (tertiary/aromatic N) is 3. The van der Waals surface area contributed by atoms with E-state index in [1.807, 2.05) is 31.6 Å². The number of benzene rings is 1. The molecule has 28 heavy (non-hydrogen) atoms. The van der Waals surface area contributed by atoms with Gasteiger partial charge in [-0.2, -0.15) is 5.10 Å². The second-order valence-corrected chi connectivity index (χ2v) is 7.34. The van der Waals surface area contributed by atoms with Crippen LogP contribution < -0.4 is 20.3 Å². The smallest absolute Gasteiger partial charge is 0.229 e. The predicted molar refractivity (Wildman–Crippen MR) is 106 cm³/mol. The van der Waals surface area contributed by atoms with Gasteiger partial charge in [0, 0.05) is 50.9 Å². The quantitative estimate of drug-likeness (QED) is 0.817. The number of carbonyl (C=O) groups is 2. The summed E-state index contributed by atoms with van der Waals surface area (Å²) in [7, 11) is 3.46. The van der Waals surface area contributed by atoms with E-state index in [4.69, 9.17) is 4.74 Å². The molecule has 2 aromatic rings. The summed E-state index contributed by atoms with van der Waals surface area (Å²) in [4.78, 5) is 26.8. The van der Waals surface area contributed by atoms with E-state index in [-0.39, 0.29) is 23.7 Å². The lowest BCUT2D eigenvalue weighted by Gasteiger charge is -2.21. The molecule has 2 aliphatic rings. The monoisotopic (exact) mass is 383 g/mol. The molecule has 2 amide bonds. The number of aryl methyl sites for hydroxylation is 1. The van der Waals surface area contributed by atoms with Gasteiger partial charge in [-0.1, -0.05) is 0 Å². The van der Waals surface area contributed by atoms with E-state index in [1.54, 1.807) is 22.8 Å². The molecule has 1 aromatic carbocycles. The number of hydrogen-bond donors (Lipinski definition) is 2. The summed E-state index contributed by atoms with van der Waals surface area (Å²) in [6.45, 7) is 2.04. The number of aromatic nitrogens is 2. The van der Waals surface area contributed by atoms with Crippen LogP contribution in [0.5, 0.6) is 5.75 Å². The van der Waals surface area contributed by atoms with Gasteiger partial charge in [0.1, 0.15) is 5.75 Å². The van der Waals surface area contributed by atoms with Crippen LogP contribution in [-0.4, -0.2) is 48.3 Å². The molecule has 2 saturated heterocycles. The van der Waals surface area contributed by atoms with E-state index in [2.05, 4.69) is 15.7 Å². The van der Waals surface area contributed by atoms with Crippen LogP contribution in [-0.2, 0) is 16.6 Å². The Morgan fingerprint density at radius 1 is 1.36 bits per heavy atom. The van der Waals surface area contributed by atoms with Crippen molar-refractivity contribution < 1.29 is 14.3 Å². The summed E-state index contributed by atoms with van der Waals surface area (Å²) in [6.07, 6.45) is 5.16. The average molecular weight is 383 g/mol. The number of hydrogen-bond acceptors (Lipinski definition) is 5. The molecule has 0 bridgehead atoms. The van der Waals surface area contributed by atoms with Gasteiger partial charge in [-0.15, -0.1) is 0 Å². The largest absolute Gasteiger partial charge is 0.495 e. The van der Waals surface area contributed by atoms with E-state index in [0.29, 0.717) is 36.6 Å². The van der Waals surface area contributed by atoms with Gasteiger partial charge >= 0.3 is 0 Å². The van der Waals surface area contributed by atoms with Crippen molar-refractivity contribution in [1.82, 2.24) is 15.1 Å². The Morgan fingerprint density at radius 2 is 2.21 bits per heavy atom. The molecule has 0 aliphatic carbocycles. The van der Waals surface area contributed by atoms with Crippen LogP contribution in [0.3, 0.4) is 0 Å². The number of rotatable bonds is 5. The van der Waals surface area contributed by atoms with Crippen LogP contribution in [0.4, 0.5) is 11.4 Å². The third-order valence-corrected chi connectivity index (χ3v) is 5.51. The molecule has 8 nitrogen and oxygen atoms in total. The van der Waals surface area contributed by atoms with Crippen molar-refractivity contribution in [3.05, 3.63) is 36.2 Å². The maximum absolute atomic E-state index is 13.0. The molecule has 1 aromatic heterocycles. The molecule has 2 N–H and O–H groups in total. The maximum atomic E-state index is 13.0. The number of carbonyl (C=O) groups excluding carboxylic acids is 2. The van der Waals surface area contributed by atoms with Crippen molar-refractivity contribution in [3.8, 4) is 5.75 Å². The fraction of sp³-hybridized carbons (Fsp3) is 0.450. The van der Waals surface area contributed by atoms with E-state index in [1.165, 1.54) is 0 Å². The third kappa shape index (κ3) is 3.47. The van der Waals surface area contributed by atoms with Gasteiger partial charge in [0.2, 0.25) is 11.8 Å². The topological polar surface area (TPSA) is 88.5 Å². The highest BCUT2D eigenvalue weighted by molar-refractivity contribution is 5.99. The molecule has 8 heteroatoms. The predicted octanol–water partition coefficient (Wildman–Crippen LogP) is 1.50. The van der Waals surface area contributed by atoms with Crippen molar-refractivity contribution in [2.45, 2.75) is 18.8 Å². The Balaban J connectivity index is 1.53. The van der Waals surface area contributed by atoms with Crippen molar-refractivity contribution in [1.29, 1.82) is 0 Å². The molecule has 4 rings (SSSR count). The second-order valence-electron chi connectivity index (χ2n) is 7.34. The molecular formula is C20H25N5O3. The fourth-order valence-electron chi connectivity index (χ4n) is 4.05. The molecule has 0 unspecified atom stereocenters. The summed E-state index contributed by atoms with van der Waals surface area (Å²) in [5.74, 6) is 0.583. The van der Waals surface area contributed by atoms with Gasteiger partial charge in [0.15, 0.2) is 0 Å². The summed E-state index contributed by atoms with van der Waals surface area (Å²) in [5, 5.41) is 10.6. The molecule has 3 heterocycles. The zero-order valence-electron chi connectivity index (χ0n) is 16.1. The van der Waals surface area contributed by atoms with Crippen LogP contribution in [0.25, 0.3) is 0 Å². The van der Waals surface area contributed by atoms with Gasteiger partial charge in [0.25, 0.3) is 0 Å². The second kappa shape index (κ2) is 7.63. The Kier molecular flexibility index (Phi) is 5.04. The van der Waals surface area contributed by atoms with E-state index in [9.17, 15) is 9.59 Å². The summed E-state index contributed by atoms with van der Waals surface area (Å²) in [6, 6.07) is 5.42. The molecule has 2 atom stereocenters. The normalized spacial score (nSPS) is 21.9. The SMILES string of the molecule is COc1ccc(NC(=O)[C@H]2CNC[C@@H]2c2cnn(C)c2)cc1N1CCCC1=O. The molecule has 148 valence electrons. The zero-order valence-corrected chi connectivity index (χ0v) is 16.1. The van der Waals surface area contributed by atoms with Gasteiger partial charge in [-0.25, -0.2) is 0 Å². The lowest BCUT2D eigenvalue weighted by molar-refractivity contribution is -0.119. The molecular weight excluding hydrogens is 358 g/mol. The number of amides is 2. The molecule has 2 aliphatic heterocycles. The Morgan fingerprint density at radius 3 is 2.89 bits per heavy atom. The summed E-state index contributed by atoms with van der Waals surface area (Å²) < 4.78 is 7.17. The average Bonchev–Trinajstić information content (AvgIpc) is 3.42. The van der Waals surface area contributed by atoms with Crippen LogP contribution in [0.1, 0.15) is 24.3 Å². The number of anilines is 2. The zero-order chi connectivity index (χ0) is 19.7. The number of ether oxygens (including phenoxy) is 1. The highest BCUT2D eigenvalue weighted by atomic mass is 16.5. The van der Waals surface area contributed by atoms with Crippen molar-refractivity contribution in [2.24, 2.45) is 13.0 Å². The lowest BCUT2D eigenvalue weighted by atomic mass is 9.90. The summed E-state index contributed by atoms with van der Waals surface area (Å²) in [5.41, 5.74) is 2.43. The molecule has 0 spiro atoms. The minimum absolute atomic E-state index is 0.0391. The van der Waals surface area contributed by atoms with Crippen LogP contribution in [0.15, 0.2) is 30.6 Å².